The Morgan fingerprint density at radius 1 is 1.04 bits per heavy atom. The minimum absolute atomic E-state index is 0.0909. The van der Waals surface area contributed by atoms with Gasteiger partial charge in [-0.05, 0) is 36.4 Å². The maximum atomic E-state index is 11.9. The van der Waals surface area contributed by atoms with E-state index in [4.69, 9.17) is 4.42 Å². The molecule has 0 fully saturated rings. The molecular weight excluding hydrogens is 358 g/mol. The van der Waals surface area contributed by atoms with Crippen molar-refractivity contribution in [1.29, 1.82) is 0 Å². The lowest BCUT2D eigenvalue weighted by atomic mass is 10.2. The van der Waals surface area contributed by atoms with Crippen LogP contribution in [-0.2, 0) is 11.2 Å². The highest BCUT2D eigenvalue weighted by molar-refractivity contribution is 9.10. The number of benzene rings is 2. The normalized spacial score (nSPS) is 10.5. The molecule has 3 aromatic rings. The van der Waals surface area contributed by atoms with E-state index in [2.05, 4.69) is 31.4 Å². The summed E-state index contributed by atoms with van der Waals surface area (Å²) in [4.78, 5) is 11.9. The number of hydrogen-bond acceptors (Lipinski definition) is 4. The van der Waals surface area contributed by atoms with Crippen molar-refractivity contribution in [1.82, 2.24) is 10.2 Å². The summed E-state index contributed by atoms with van der Waals surface area (Å²) in [5.41, 5.74) is 1.62. The fourth-order valence-corrected chi connectivity index (χ4v) is 2.29. The maximum Gasteiger partial charge on any atom is 0.247 e. The minimum Gasteiger partial charge on any atom is -0.421 e. The van der Waals surface area contributed by atoms with Gasteiger partial charge in [0.05, 0.1) is 0 Å². The molecule has 3 rings (SSSR count). The molecule has 0 aliphatic carbocycles. The Bertz CT molecular complexity index is 785. The smallest absolute Gasteiger partial charge is 0.247 e. The van der Waals surface area contributed by atoms with Crippen LogP contribution in [0.1, 0.15) is 12.3 Å². The predicted octanol–water partition coefficient (Wildman–Crippen LogP) is 4.07. The summed E-state index contributed by atoms with van der Waals surface area (Å²) in [5, 5.41) is 10.8. The molecule has 0 bridgehead atoms. The van der Waals surface area contributed by atoms with Gasteiger partial charge < -0.3 is 9.73 Å². The second-order valence-electron chi connectivity index (χ2n) is 4.92. The van der Waals surface area contributed by atoms with Gasteiger partial charge in [0.2, 0.25) is 17.7 Å². The molecule has 1 heterocycles. The monoisotopic (exact) mass is 371 g/mol. The van der Waals surface area contributed by atoms with Crippen molar-refractivity contribution < 1.29 is 9.21 Å². The van der Waals surface area contributed by atoms with Crippen LogP contribution in [0, 0.1) is 0 Å². The first-order valence-corrected chi connectivity index (χ1v) is 7.93. The quantitative estimate of drug-likeness (QED) is 0.733. The number of nitrogens with one attached hydrogen (secondary N) is 1. The van der Waals surface area contributed by atoms with Crippen molar-refractivity contribution in [2.75, 3.05) is 5.32 Å². The summed E-state index contributed by atoms with van der Waals surface area (Å²) < 4.78 is 6.55. The fraction of sp³-hybridized carbons (Fsp3) is 0.118. The lowest BCUT2D eigenvalue weighted by Crippen LogP contribution is -2.12. The Balaban J connectivity index is 1.55. The van der Waals surface area contributed by atoms with Gasteiger partial charge in [0.15, 0.2) is 0 Å². The summed E-state index contributed by atoms with van der Waals surface area (Å²) in [5.74, 6) is 0.829. The summed E-state index contributed by atoms with van der Waals surface area (Å²) in [6, 6.07) is 17.0. The average Bonchev–Trinajstić information content (AvgIpc) is 3.05. The van der Waals surface area contributed by atoms with Crippen LogP contribution < -0.4 is 5.32 Å². The summed E-state index contributed by atoms with van der Waals surface area (Å²) >= 11 is 3.35. The van der Waals surface area contributed by atoms with E-state index in [0.29, 0.717) is 18.2 Å². The summed E-state index contributed by atoms with van der Waals surface area (Å²) in [6.07, 6.45) is 0.689. The number of aromatic nitrogens is 2. The van der Waals surface area contributed by atoms with Crippen LogP contribution in [-0.4, -0.2) is 16.1 Å². The first-order chi connectivity index (χ1) is 11.2. The molecule has 6 heteroatoms. The van der Waals surface area contributed by atoms with E-state index in [1.165, 1.54) is 0 Å². The number of nitrogens with zero attached hydrogens (tertiary/aromatic N) is 2. The second-order valence-corrected chi connectivity index (χ2v) is 5.84. The highest BCUT2D eigenvalue weighted by Gasteiger charge is 2.10. The molecule has 0 radical (unpaired) electrons. The van der Waals surface area contributed by atoms with Gasteiger partial charge in [0.1, 0.15) is 0 Å². The number of carbonyl (C=O) groups excluding carboxylic acids is 1. The van der Waals surface area contributed by atoms with Gasteiger partial charge in [-0.25, -0.2) is 0 Å². The molecule has 0 saturated heterocycles. The third-order valence-corrected chi connectivity index (χ3v) is 3.71. The van der Waals surface area contributed by atoms with Crippen LogP contribution in [0.3, 0.4) is 0 Å². The average molecular weight is 372 g/mol. The van der Waals surface area contributed by atoms with Gasteiger partial charge in [-0.2, -0.15) is 0 Å². The maximum absolute atomic E-state index is 11.9. The zero-order valence-electron chi connectivity index (χ0n) is 12.2. The van der Waals surface area contributed by atoms with Gasteiger partial charge in [-0.3, -0.25) is 4.79 Å². The lowest BCUT2D eigenvalue weighted by molar-refractivity contribution is -0.116. The molecule has 116 valence electrons. The highest BCUT2D eigenvalue weighted by Crippen LogP contribution is 2.18. The third-order valence-electron chi connectivity index (χ3n) is 3.18. The highest BCUT2D eigenvalue weighted by atomic mass is 79.9. The van der Waals surface area contributed by atoms with Crippen molar-refractivity contribution in [2.24, 2.45) is 0 Å². The zero-order valence-corrected chi connectivity index (χ0v) is 13.8. The van der Waals surface area contributed by atoms with Gasteiger partial charge in [-0.15, -0.1) is 10.2 Å². The standard InChI is InChI=1S/C17H14BrN3O2/c18-13-6-8-14(9-7-13)19-15(22)10-11-16-20-21-17(23-16)12-4-2-1-3-5-12/h1-9H,10-11H2,(H,19,22). The van der Waals surface area contributed by atoms with Crippen LogP contribution in [0.2, 0.25) is 0 Å². The fourth-order valence-electron chi connectivity index (χ4n) is 2.03. The molecule has 0 unspecified atom stereocenters. The van der Waals surface area contributed by atoms with Crippen LogP contribution >= 0.6 is 15.9 Å². The van der Waals surface area contributed by atoms with Gasteiger partial charge in [0, 0.05) is 28.6 Å². The van der Waals surface area contributed by atoms with Gasteiger partial charge >= 0.3 is 0 Å². The largest absolute Gasteiger partial charge is 0.421 e. The number of rotatable bonds is 5. The van der Waals surface area contributed by atoms with Gasteiger partial charge in [0.25, 0.3) is 0 Å². The Morgan fingerprint density at radius 3 is 2.52 bits per heavy atom. The van der Waals surface area contributed by atoms with E-state index < -0.39 is 0 Å². The summed E-state index contributed by atoms with van der Waals surface area (Å²) in [6.45, 7) is 0. The molecule has 1 aromatic heterocycles. The number of carbonyl (C=O) groups is 1. The van der Waals surface area contributed by atoms with Crippen molar-refractivity contribution >= 4 is 27.5 Å². The van der Waals surface area contributed by atoms with Crippen LogP contribution in [0.25, 0.3) is 11.5 Å². The predicted molar refractivity (Wildman–Crippen MR) is 90.8 cm³/mol. The van der Waals surface area contributed by atoms with Crippen molar-refractivity contribution in [3.63, 3.8) is 0 Å². The Morgan fingerprint density at radius 2 is 1.78 bits per heavy atom. The molecule has 0 spiro atoms. The van der Waals surface area contributed by atoms with Crippen LogP contribution in [0.15, 0.2) is 63.5 Å². The first kappa shape index (κ1) is 15.4. The molecule has 1 amide bonds. The third kappa shape index (κ3) is 4.26. The zero-order chi connectivity index (χ0) is 16.1. The number of hydrogen-bond donors (Lipinski definition) is 1. The van der Waals surface area contributed by atoms with E-state index in [1.807, 2.05) is 54.6 Å². The molecule has 2 aromatic carbocycles. The Kier molecular flexibility index (Phi) is 4.83. The number of amides is 1. The SMILES string of the molecule is O=C(CCc1nnc(-c2ccccc2)o1)Nc1ccc(Br)cc1. The lowest BCUT2D eigenvalue weighted by Gasteiger charge is -2.03. The molecule has 1 N–H and O–H groups in total. The molecular formula is C17H14BrN3O2. The van der Waals surface area contributed by atoms with Crippen molar-refractivity contribution in [2.45, 2.75) is 12.8 Å². The molecule has 0 aliphatic rings. The van der Waals surface area contributed by atoms with Crippen LogP contribution in [0.4, 0.5) is 5.69 Å². The number of aryl methyl sites for hydroxylation is 1. The summed E-state index contributed by atoms with van der Waals surface area (Å²) in [7, 11) is 0. The Labute approximate surface area is 141 Å². The van der Waals surface area contributed by atoms with E-state index in [0.717, 1.165) is 15.7 Å². The molecule has 0 saturated carbocycles. The van der Waals surface area contributed by atoms with Gasteiger partial charge in [-0.1, -0.05) is 34.1 Å². The van der Waals surface area contributed by atoms with E-state index >= 15 is 0 Å². The molecule has 23 heavy (non-hydrogen) atoms. The molecule has 0 aliphatic heterocycles. The molecule has 0 atom stereocenters. The number of halogens is 1. The van der Waals surface area contributed by atoms with E-state index in [1.54, 1.807) is 0 Å². The van der Waals surface area contributed by atoms with E-state index in [9.17, 15) is 4.79 Å². The first-order valence-electron chi connectivity index (χ1n) is 7.14. The van der Waals surface area contributed by atoms with Crippen LogP contribution in [0.5, 0.6) is 0 Å². The van der Waals surface area contributed by atoms with Crippen molar-refractivity contribution in [3.8, 4) is 11.5 Å². The second kappa shape index (κ2) is 7.19. The number of anilines is 1. The molecule has 5 nitrogen and oxygen atoms in total. The topological polar surface area (TPSA) is 68.0 Å². The van der Waals surface area contributed by atoms with Crippen molar-refractivity contribution in [3.05, 3.63) is 65.0 Å². The minimum atomic E-state index is -0.0909. The van der Waals surface area contributed by atoms with E-state index in [-0.39, 0.29) is 12.3 Å². The Hall–Kier alpha value is -2.47.